The molecule has 0 spiro atoms. The van der Waals surface area contributed by atoms with Crippen LogP contribution in [-0.2, 0) is 4.74 Å². The summed E-state index contributed by atoms with van der Waals surface area (Å²) in [6, 6.07) is 0. The predicted molar refractivity (Wildman–Crippen MR) is 64.8 cm³/mol. The summed E-state index contributed by atoms with van der Waals surface area (Å²) < 4.78 is 5.78. The Morgan fingerprint density at radius 1 is 1.27 bits per heavy atom. The SMILES string of the molecule is CCC[C@@H]1C(OCC)=C(CN(C)C)[C@@H]1C. The predicted octanol–water partition coefficient (Wildman–Crippen LogP) is 2.90. The second-order valence-corrected chi connectivity index (χ2v) is 4.74. The van der Waals surface area contributed by atoms with Crippen LogP contribution in [0.15, 0.2) is 11.3 Å². The highest BCUT2D eigenvalue weighted by atomic mass is 16.5. The molecule has 0 bridgehead atoms. The zero-order valence-corrected chi connectivity index (χ0v) is 10.8. The van der Waals surface area contributed by atoms with Gasteiger partial charge >= 0.3 is 0 Å². The molecule has 1 aliphatic rings. The van der Waals surface area contributed by atoms with E-state index in [-0.39, 0.29) is 0 Å². The van der Waals surface area contributed by atoms with Gasteiger partial charge in [0.15, 0.2) is 0 Å². The minimum absolute atomic E-state index is 0.685. The summed E-state index contributed by atoms with van der Waals surface area (Å²) in [6.07, 6.45) is 2.52. The van der Waals surface area contributed by atoms with Gasteiger partial charge in [0.25, 0.3) is 0 Å². The molecule has 0 unspecified atom stereocenters. The lowest BCUT2D eigenvalue weighted by molar-refractivity contribution is 0.122. The fraction of sp³-hybridized carbons (Fsp3) is 0.846. The Morgan fingerprint density at radius 2 is 1.93 bits per heavy atom. The van der Waals surface area contributed by atoms with Crippen LogP contribution < -0.4 is 0 Å². The minimum atomic E-state index is 0.685. The lowest BCUT2D eigenvalue weighted by Gasteiger charge is -2.40. The van der Waals surface area contributed by atoms with Crippen molar-refractivity contribution >= 4 is 0 Å². The van der Waals surface area contributed by atoms with Crippen LogP contribution in [0.3, 0.4) is 0 Å². The average molecular weight is 211 g/mol. The maximum atomic E-state index is 5.78. The fourth-order valence-corrected chi connectivity index (χ4v) is 2.45. The van der Waals surface area contributed by atoms with Gasteiger partial charge in [0, 0.05) is 12.5 Å². The van der Waals surface area contributed by atoms with Crippen molar-refractivity contribution in [3.63, 3.8) is 0 Å². The van der Waals surface area contributed by atoms with E-state index in [1.807, 2.05) is 0 Å². The van der Waals surface area contributed by atoms with Crippen LogP contribution in [0.5, 0.6) is 0 Å². The lowest BCUT2D eigenvalue weighted by atomic mass is 9.71. The molecule has 88 valence electrons. The molecule has 0 N–H and O–H groups in total. The molecule has 0 saturated carbocycles. The molecular weight excluding hydrogens is 186 g/mol. The monoisotopic (exact) mass is 211 g/mol. The van der Waals surface area contributed by atoms with Crippen molar-refractivity contribution in [1.29, 1.82) is 0 Å². The highest BCUT2D eigenvalue weighted by Gasteiger charge is 2.37. The maximum Gasteiger partial charge on any atom is 0.100 e. The van der Waals surface area contributed by atoms with Gasteiger partial charge in [-0.2, -0.15) is 0 Å². The van der Waals surface area contributed by atoms with Crippen molar-refractivity contribution in [2.24, 2.45) is 11.8 Å². The molecule has 0 aliphatic heterocycles. The Balaban J connectivity index is 2.69. The third-order valence-corrected chi connectivity index (χ3v) is 3.19. The van der Waals surface area contributed by atoms with Gasteiger partial charge in [0.2, 0.25) is 0 Å². The first-order chi connectivity index (χ1) is 7.11. The molecule has 2 nitrogen and oxygen atoms in total. The second-order valence-electron chi connectivity index (χ2n) is 4.74. The van der Waals surface area contributed by atoms with Crippen LogP contribution in [0.25, 0.3) is 0 Å². The van der Waals surface area contributed by atoms with Crippen LogP contribution in [-0.4, -0.2) is 32.1 Å². The van der Waals surface area contributed by atoms with E-state index >= 15 is 0 Å². The lowest BCUT2D eigenvalue weighted by Crippen LogP contribution is -2.35. The van der Waals surface area contributed by atoms with Gasteiger partial charge in [0.1, 0.15) is 5.76 Å². The molecule has 0 radical (unpaired) electrons. The standard InChI is InChI=1S/C13H25NO/c1-6-8-11-10(3)12(9-14(4)5)13(11)15-7-2/h10-11H,6-9H2,1-5H3/t10-,11+/m1/s1. The molecule has 2 heteroatoms. The number of hydrogen-bond donors (Lipinski definition) is 0. The van der Waals surface area contributed by atoms with E-state index in [1.165, 1.54) is 24.2 Å². The first-order valence-corrected chi connectivity index (χ1v) is 6.12. The third kappa shape index (κ3) is 2.75. The van der Waals surface area contributed by atoms with E-state index in [9.17, 15) is 0 Å². The Hall–Kier alpha value is -0.500. The first-order valence-electron chi connectivity index (χ1n) is 6.12. The molecule has 0 heterocycles. The zero-order chi connectivity index (χ0) is 11.4. The van der Waals surface area contributed by atoms with E-state index < -0.39 is 0 Å². The molecule has 0 saturated heterocycles. The van der Waals surface area contributed by atoms with Gasteiger partial charge in [-0.1, -0.05) is 20.3 Å². The van der Waals surface area contributed by atoms with Crippen molar-refractivity contribution in [3.05, 3.63) is 11.3 Å². The van der Waals surface area contributed by atoms with Gasteiger partial charge in [0.05, 0.1) is 6.61 Å². The van der Waals surface area contributed by atoms with Crippen LogP contribution in [0.2, 0.25) is 0 Å². The number of rotatable bonds is 6. The van der Waals surface area contributed by atoms with Gasteiger partial charge in [-0.05, 0) is 38.9 Å². The van der Waals surface area contributed by atoms with Crippen LogP contribution in [0.4, 0.5) is 0 Å². The van der Waals surface area contributed by atoms with Gasteiger partial charge in [-0.25, -0.2) is 0 Å². The highest BCUT2D eigenvalue weighted by molar-refractivity contribution is 5.28. The number of ether oxygens (including phenoxy) is 1. The van der Waals surface area contributed by atoms with Crippen molar-refractivity contribution in [3.8, 4) is 0 Å². The zero-order valence-electron chi connectivity index (χ0n) is 10.8. The van der Waals surface area contributed by atoms with E-state index in [0.717, 1.165) is 13.2 Å². The summed E-state index contributed by atoms with van der Waals surface area (Å²) >= 11 is 0. The molecular formula is C13H25NO. The van der Waals surface area contributed by atoms with Crippen molar-refractivity contribution in [2.45, 2.75) is 33.6 Å². The van der Waals surface area contributed by atoms with Crippen molar-refractivity contribution in [2.75, 3.05) is 27.2 Å². The Labute approximate surface area is 94.3 Å². The molecule has 0 aromatic heterocycles. The number of hydrogen-bond acceptors (Lipinski definition) is 2. The molecule has 2 atom stereocenters. The molecule has 0 fully saturated rings. The maximum absolute atomic E-state index is 5.78. The van der Waals surface area contributed by atoms with Crippen LogP contribution in [0, 0.1) is 11.8 Å². The van der Waals surface area contributed by atoms with Crippen molar-refractivity contribution < 1.29 is 4.74 Å². The summed E-state index contributed by atoms with van der Waals surface area (Å²) in [6.45, 7) is 8.52. The van der Waals surface area contributed by atoms with E-state index in [2.05, 4.69) is 39.8 Å². The van der Waals surface area contributed by atoms with Crippen LogP contribution >= 0.6 is 0 Å². The number of likely N-dealkylation sites (N-methyl/N-ethyl adjacent to an activating group) is 1. The largest absolute Gasteiger partial charge is 0.498 e. The Morgan fingerprint density at radius 3 is 2.40 bits per heavy atom. The molecule has 0 aromatic rings. The summed E-state index contributed by atoms with van der Waals surface area (Å²) in [5, 5.41) is 0. The van der Waals surface area contributed by atoms with Crippen molar-refractivity contribution in [1.82, 2.24) is 4.90 Å². The normalized spacial score (nSPS) is 25.7. The highest BCUT2D eigenvalue weighted by Crippen LogP contribution is 2.43. The smallest absolute Gasteiger partial charge is 0.100 e. The molecule has 0 aromatic carbocycles. The fourth-order valence-electron chi connectivity index (χ4n) is 2.45. The van der Waals surface area contributed by atoms with Gasteiger partial charge < -0.3 is 9.64 Å². The third-order valence-electron chi connectivity index (χ3n) is 3.19. The van der Waals surface area contributed by atoms with E-state index in [1.54, 1.807) is 0 Å². The Kier molecular flexibility index (Phi) is 4.65. The van der Waals surface area contributed by atoms with E-state index in [0.29, 0.717) is 11.8 Å². The quantitative estimate of drug-likeness (QED) is 0.670. The van der Waals surface area contributed by atoms with E-state index in [4.69, 9.17) is 4.74 Å². The second kappa shape index (κ2) is 5.55. The molecule has 1 aliphatic carbocycles. The van der Waals surface area contributed by atoms with Gasteiger partial charge in [-0.15, -0.1) is 0 Å². The number of nitrogens with zero attached hydrogens (tertiary/aromatic N) is 1. The molecule has 0 amide bonds. The minimum Gasteiger partial charge on any atom is -0.498 e. The average Bonchev–Trinajstić information content (AvgIpc) is 2.20. The summed E-state index contributed by atoms with van der Waals surface area (Å²) in [5.74, 6) is 2.69. The molecule has 15 heavy (non-hydrogen) atoms. The summed E-state index contributed by atoms with van der Waals surface area (Å²) in [5.41, 5.74) is 1.51. The first kappa shape index (κ1) is 12.6. The number of allylic oxidation sites excluding steroid dienone is 1. The topological polar surface area (TPSA) is 12.5 Å². The van der Waals surface area contributed by atoms with Gasteiger partial charge in [-0.3, -0.25) is 0 Å². The Bertz CT molecular complexity index is 233. The summed E-state index contributed by atoms with van der Waals surface area (Å²) in [4.78, 5) is 2.23. The van der Waals surface area contributed by atoms with Crippen LogP contribution in [0.1, 0.15) is 33.6 Å². The summed E-state index contributed by atoms with van der Waals surface area (Å²) in [7, 11) is 4.24. The molecule has 1 rings (SSSR count).